The highest BCUT2D eigenvalue weighted by Gasteiger charge is 2.43. The van der Waals surface area contributed by atoms with Crippen molar-refractivity contribution >= 4 is 0 Å². The molecule has 1 saturated carbocycles. The molecule has 2 fully saturated rings. The van der Waals surface area contributed by atoms with Crippen molar-refractivity contribution in [2.24, 2.45) is 0 Å². The molecule has 3 heteroatoms. The maximum Gasteiger partial charge on any atom is 0.168 e. The SMILES string of the molecule is CNC1(C)CCC2(CC1)OCCO2. The molecule has 1 saturated heterocycles. The average Bonchev–Trinajstić information content (AvgIpc) is 2.61. The third-order valence-electron chi connectivity index (χ3n) is 3.53. The first-order valence-corrected chi connectivity index (χ1v) is 5.15. The first-order chi connectivity index (χ1) is 6.18. The predicted molar refractivity (Wildman–Crippen MR) is 50.6 cm³/mol. The number of rotatable bonds is 1. The van der Waals surface area contributed by atoms with E-state index in [1.807, 2.05) is 7.05 Å². The smallest absolute Gasteiger partial charge is 0.168 e. The molecule has 0 bridgehead atoms. The Morgan fingerprint density at radius 3 is 2.00 bits per heavy atom. The third kappa shape index (κ3) is 1.73. The van der Waals surface area contributed by atoms with Crippen molar-refractivity contribution in [3.63, 3.8) is 0 Å². The topological polar surface area (TPSA) is 30.5 Å². The molecule has 1 aliphatic heterocycles. The summed E-state index contributed by atoms with van der Waals surface area (Å²) in [6.07, 6.45) is 4.35. The van der Waals surface area contributed by atoms with Crippen LogP contribution in [0.25, 0.3) is 0 Å². The molecular weight excluding hydrogens is 166 g/mol. The van der Waals surface area contributed by atoms with Crippen LogP contribution in [0.4, 0.5) is 0 Å². The summed E-state index contributed by atoms with van der Waals surface area (Å²) in [5, 5.41) is 3.38. The Morgan fingerprint density at radius 2 is 1.54 bits per heavy atom. The zero-order chi connectivity index (χ0) is 9.36. The van der Waals surface area contributed by atoms with Crippen LogP contribution in [0.2, 0.25) is 0 Å². The Labute approximate surface area is 79.8 Å². The van der Waals surface area contributed by atoms with E-state index >= 15 is 0 Å². The first-order valence-electron chi connectivity index (χ1n) is 5.15. The van der Waals surface area contributed by atoms with Gasteiger partial charge in [0, 0.05) is 18.4 Å². The van der Waals surface area contributed by atoms with E-state index in [4.69, 9.17) is 9.47 Å². The molecule has 0 atom stereocenters. The van der Waals surface area contributed by atoms with Gasteiger partial charge >= 0.3 is 0 Å². The molecule has 1 N–H and O–H groups in total. The summed E-state index contributed by atoms with van der Waals surface area (Å²) in [4.78, 5) is 0. The highest BCUT2D eigenvalue weighted by molar-refractivity contribution is 4.92. The van der Waals surface area contributed by atoms with E-state index < -0.39 is 0 Å². The quantitative estimate of drug-likeness (QED) is 0.667. The second-order valence-corrected chi connectivity index (χ2v) is 4.42. The molecule has 13 heavy (non-hydrogen) atoms. The lowest BCUT2D eigenvalue weighted by atomic mass is 9.80. The van der Waals surface area contributed by atoms with Gasteiger partial charge in [-0.05, 0) is 26.8 Å². The van der Waals surface area contributed by atoms with Crippen LogP contribution in [-0.4, -0.2) is 31.6 Å². The van der Waals surface area contributed by atoms with Crippen molar-refractivity contribution < 1.29 is 9.47 Å². The van der Waals surface area contributed by atoms with Gasteiger partial charge in [0.15, 0.2) is 5.79 Å². The van der Waals surface area contributed by atoms with Crippen LogP contribution in [-0.2, 0) is 9.47 Å². The van der Waals surface area contributed by atoms with Crippen LogP contribution in [0.15, 0.2) is 0 Å². The lowest BCUT2D eigenvalue weighted by Crippen LogP contribution is -2.48. The first kappa shape index (κ1) is 9.44. The monoisotopic (exact) mass is 185 g/mol. The van der Waals surface area contributed by atoms with Crippen molar-refractivity contribution in [2.45, 2.75) is 43.9 Å². The second-order valence-electron chi connectivity index (χ2n) is 4.42. The Balaban J connectivity index is 1.95. The lowest BCUT2D eigenvalue weighted by molar-refractivity contribution is -0.185. The van der Waals surface area contributed by atoms with Gasteiger partial charge in [0.05, 0.1) is 13.2 Å². The molecular formula is C10H19NO2. The van der Waals surface area contributed by atoms with Crippen molar-refractivity contribution in [3.8, 4) is 0 Å². The summed E-state index contributed by atoms with van der Waals surface area (Å²) in [7, 11) is 2.04. The minimum atomic E-state index is -0.212. The van der Waals surface area contributed by atoms with Gasteiger partial charge in [-0.2, -0.15) is 0 Å². The Hall–Kier alpha value is -0.120. The normalized spacial score (nSPS) is 30.9. The fourth-order valence-electron chi connectivity index (χ4n) is 2.22. The van der Waals surface area contributed by atoms with Crippen LogP contribution >= 0.6 is 0 Å². The van der Waals surface area contributed by atoms with Gasteiger partial charge in [-0.15, -0.1) is 0 Å². The van der Waals surface area contributed by atoms with Gasteiger partial charge < -0.3 is 14.8 Å². The molecule has 0 amide bonds. The van der Waals surface area contributed by atoms with Crippen LogP contribution in [0.3, 0.4) is 0 Å². The highest BCUT2D eigenvalue weighted by Crippen LogP contribution is 2.39. The van der Waals surface area contributed by atoms with E-state index in [-0.39, 0.29) is 5.79 Å². The predicted octanol–water partition coefficient (Wildman–Crippen LogP) is 1.28. The Bertz CT molecular complexity index is 177. The molecule has 2 aliphatic rings. The summed E-state index contributed by atoms with van der Waals surface area (Å²) >= 11 is 0. The van der Waals surface area contributed by atoms with Crippen molar-refractivity contribution in [1.82, 2.24) is 5.32 Å². The summed E-state index contributed by atoms with van der Waals surface area (Å²) in [5.41, 5.74) is 0.292. The van der Waals surface area contributed by atoms with E-state index in [0.717, 1.165) is 38.9 Å². The largest absolute Gasteiger partial charge is 0.348 e. The molecule has 1 heterocycles. The number of ether oxygens (including phenoxy) is 2. The molecule has 0 unspecified atom stereocenters. The number of nitrogens with one attached hydrogen (secondary N) is 1. The standard InChI is InChI=1S/C10H19NO2/c1-9(11-2)3-5-10(6-4-9)12-7-8-13-10/h11H,3-8H2,1-2H3. The number of hydrogen-bond donors (Lipinski definition) is 1. The molecule has 0 aromatic heterocycles. The maximum atomic E-state index is 5.67. The van der Waals surface area contributed by atoms with Crippen LogP contribution < -0.4 is 5.32 Å². The number of hydrogen-bond acceptors (Lipinski definition) is 3. The van der Waals surface area contributed by atoms with Gasteiger partial charge in [-0.1, -0.05) is 0 Å². The van der Waals surface area contributed by atoms with Crippen molar-refractivity contribution in [1.29, 1.82) is 0 Å². The van der Waals surface area contributed by atoms with E-state index in [9.17, 15) is 0 Å². The van der Waals surface area contributed by atoms with Crippen molar-refractivity contribution in [3.05, 3.63) is 0 Å². The molecule has 1 aliphatic carbocycles. The van der Waals surface area contributed by atoms with Crippen LogP contribution in [0.1, 0.15) is 32.6 Å². The summed E-state index contributed by atoms with van der Waals surface area (Å²) < 4.78 is 11.3. The average molecular weight is 185 g/mol. The molecule has 3 nitrogen and oxygen atoms in total. The summed E-state index contributed by atoms with van der Waals surface area (Å²) in [6, 6.07) is 0. The minimum Gasteiger partial charge on any atom is -0.348 e. The Kier molecular flexibility index (Phi) is 2.34. The van der Waals surface area contributed by atoms with Crippen LogP contribution in [0.5, 0.6) is 0 Å². The summed E-state index contributed by atoms with van der Waals surface area (Å²) in [5.74, 6) is -0.212. The van der Waals surface area contributed by atoms with Gasteiger partial charge in [-0.25, -0.2) is 0 Å². The van der Waals surface area contributed by atoms with Gasteiger partial charge in [0.25, 0.3) is 0 Å². The van der Waals surface area contributed by atoms with E-state index in [1.54, 1.807) is 0 Å². The molecule has 0 aromatic carbocycles. The molecule has 76 valence electrons. The van der Waals surface area contributed by atoms with Crippen molar-refractivity contribution in [2.75, 3.05) is 20.3 Å². The molecule has 1 spiro atoms. The third-order valence-corrected chi connectivity index (χ3v) is 3.53. The van der Waals surface area contributed by atoms with Gasteiger partial charge in [-0.3, -0.25) is 0 Å². The molecule has 2 rings (SSSR count). The summed E-state index contributed by atoms with van der Waals surface area (Å²) in [6.45, 7) is 3.82. The van der Waals surface area contributed by atoms with E-state index in [0.29, 0.717) is 5.54 Å². The van der Waals surface area contributed by atoms with Crippen LogP contribution in [0, 0.1) is 0 Å². The lowest BCUT2D eigenvalue weighted by Gasteiger charge is -2.41. The van der Waals surface area contributed by atoms with Gasteiger partial charge in [0.2, 0.25) is 0 Å². The fourth-order valence-corrected chi connectivity index (χ4v) is 2.22. The fraction of sp³-hybridized carbons (Fsp3) is 1.00. The highest BCUT2D eigenvalue weighted by atomic mass is 16.7. The Morgan fingerprint density at radius 1 is 1.00 bits per heavy atom. The zero-order valence-corrected chi connectivity index (χ0v) is 8.56. The minimum absolute atomic E-state index is 0.212. The molecule has 0 radical (unpaired) electrons. The maximum absolute atomic E-state index is 5.67. The van der Waals surface area contributed by atoms with E-state index in [2.05, 4.69) is 12.2 Å². The zero-order valence-electron chi connectivity index (χ0n) is 8.56. The second kappa shape index (κ2) is 3.23. The molecule has 0 aromatic rings. The van der Waals surface area contributed by atoms with E-state index in [1.165, 1.54) is 0 Å². The van der Waals surface area contributed by atoms with Gasteiger partial charge in [0.1, 0.15) is 0 Å².